The predicted octanol–water partition coefficient (Wildman–Crippen LogP) is 2.40. The Morgan fingerprint density at radius 1 is 1.35 bits per heavy atom. The van der Waals surface area contributed by atoms with Crippen LogP contribution in [0.1, 0.15) is 36.0 Å². The zero-order valence-electron chi connectivity index (χ0n) is 10.2. The van der Waals surface area contributed by atoms with Crippen molar-refractivity contribution in [3.63, 3.8) is 0 Å². The number of nitrogens with two attached hydrogens (primary N) is 1. The number of Topliss-reactive ketones (excluding diaryl/α,β-unsaturated/α-hetero) is 1. The highest BCUT2D eigenvalue weighted by Crippen LogP contribution is 2.29. The number of methoxy groups -OCH3 is 1. The summed E-state index contributed by atoms with van der Waals surface area (Å²) in [6.07, 6.45) is 3.84. The second-order valence-corrected chi connectivity index (χ2v) is 4.69. The number of ketones is 1. The van der Waals surface area contributed by atoms with Crippen LogP contribution >= 0.6 is 0 Å². The van der Waals surface area contributed by atoms with Gasteiger partial charge in [-0.05, 0) is 31.4 Å². The van der Waals surface area contributed by atoms with Gasteiger partial charge in [-0.1, -0.05) is 18.6 Å². The first-order valence-electron chi connectivity index (χ1n) is 6.15. The van der Waals surface area contributed by atoms with E-state index in [-0.39, 0.29) is 17.7 Å². The summed E-state index contributed by atoms with van der Waals surface area (Å²) in [6, 6.07) is 7.59. The summed E-state index contributed by atoms with van der Waals surface area (Å²) in [6.45, 7) is 0. The molecule has 0 bridgehead atoms. The van der Waals surface area contributed by atoms with Gasteiger partial charge in [0.2, 0.25) is 0 Å². The Kier molecular flexibility index (Phi) is 3.79. The zero-order valence-corrected chi connectivity index (χ0v) is 10.2. The summed E-state index contributed by atoms with van der Waals surface area (Å²) < 4.78 is 5.23. The molecule has 1 aromatic rings. The average molecular weight is 233 g/mol. The van der Waals surface area contributed by atoms with Gasteiger partial charge in [0.05, 0.1) is 12.7 Å². The maximum absolute atomic E-state index is 12.4. The summed E-state index contributed by atoms with van der Waals surface area (Å²) in [5.41, 5.74) is 6.62. The second-order valence-electron chi connectivity index (χ2n) is 4.69. The van der Waals surface area contributed by atoms with Gasteiger partial charge < -0.3 is 10.5 Å². The average Bonchev–Trinajstić information content (AvgIpc) is 2.38. The molecule has 0 amide bonds. The largest absolute Gasteiger partial charge is 0.496 e. The highest BCUT2D eigenvalue weighted by Gasteiger charge is 2.27. The number of hydrogen-bond acceptors (Lipinski definition) is 3. The van der Waals surface area contributed by atoms with Crippen LogP contribution in [-0.4, -0.2) is 18.9 Å². The molecule has 0 spiro atoms. The fraction of sp³-hybridized carbons (Fsp3) is 0.500. The number of rotatable bonds is 3. The number of benzene rings is 1. The van der Waals surface area contributed by atoms with Crippen molar-refractivity contribution in [2.45, 2.75) is 31.7 Å². The van der Waals surface area contributed by atoms with Crippen molar-refractivity contribution in [3.8, 4) is 5.75 Å². The lowest BCUT2D eigenvalue weighted by molar-refractivity contribution is 0.0878. The first-order chi connectivity index (χ1) is 8.22. The number of carbonyl (C=O) groups is 1. The van der Waals surface area contributed by atoms with E-state index in [9.17, 15) is 4.79 Å². The minimum absolute atomic E-state index is 0.0649. The summed E-state index contributed by atoms with van der Waals surface area (Å²) >= 11 is 0. The van der Waals surface area contributed by atoms with Crippen LogP contribution in [0, 0.1) is 5.92 Å². The van der Waals surface area contributed by atoms with Gasteiger partial charge in [-0.15, -0.1) is 0 Å². The van der Waals surface area contributed by atoms with E-state index in [1.54, 1.807) is 7.11 Å². The SMILES string of the molecule is COc1ccccc1C(=O)C1CCCC(N)C1. The molecule has 92 valence electrons. The molecule has 1 fully saturated rings. The number of hydrogen-bond donors (Lipinski definition) is 1. The Bertz CT molecular complexity index is 403. The fourth-order valence-electron chi connectivity index (χ4n) is 2.53. The van der Waals surface area contributed by atoms with E-state index in [1.165, 1.54) is 0 Å². The molecular formula is C14H19NO2. The molecule has 0 aliphatic heterocycles. The Morgan fingerprint density at radius 2 is 2.12 bits per heavy atom. The third-order valence-electron chi connectivity index (χ3n) is 3.46. The van der Waals surface area contributed by atoms with E-state index in [2.05, 4.69) is 0 Å². The number of ether oxygens (including phenoxy) is 1. The molecule has 2 atom stereocenters. The zero-order chi connectivity index (χ0) is 12.3. The third-order valence-corrected chi connectivity index (χ3v) is 3.46. The van der Waals surface area contributed by atoms with Gasteiger partial charge in [0.1, 0.15) is 5.75 Å². The molecule has 1 saturated carbocycles. The van der Waals surface area contributed by atoms with E-state index in [0.717, 1.165) is 25.7 Å². The van der Waals surface area contributed by atoms with Crippen molar-refractivity contribution < 1.29 is 9.53 Å². The highest BCUT2D eigenvalue weighted by molar-refractivity contribution is 6.00. The van der Waals surface area contributed by atoms with Crippen molar-refractivity contribution in [2.24, 2.45) is 11.7 Å². The molecule has 3 nitrogen and oxygen atoms in total. The molecule has 0 radical (unpaired) electrons. The monoisotopic (exact) mass is 233 g/mol. The Hall–Kier alpha value is -1.35. The minimum atomic E-state index is 0.0649. The first-order valence-corrected chi connectivity index (χ1v) is 6.15. The third kappa shape index (κ3) is 2.67. The van der Waals surface area contributed by atoms with Gasteiger partial charge in [0, 0.05) is 12.0 Å². The molecule has 1 aliphatic rings. The normalized spacial score (nSPS) is 24.4. The van der Waals surface area contributed by atoms with Gasteiger partial charge in [-0.25, -0.2) is 0 Å². The molecule has 3 heteroatoms. The molecule has 1 aromatic carbocycles. The van der Waals surface area contributed by atoms with E-state index >= 15 is 0 Å². The van der Waals surface area contributed by atoms with E-state index in [1.807, 2.05) is 24.3 Å². The van der Waals surface area contributed by atoms with Crippen LogP contribution in [-0.2, 0) is 0 Å². The van der Waals surface area contributed by atoms with Crippen LogP contribution in [0.15, 0.2) is 24.3 Å². The summed E-state index contributed by atoms with van der Waals surface area (Å²) in [4.78, 5) is 12.4. The molecule has 2 N–H and O–H groups in total. The first kappa shape index (κ1) is 12.1. The molecular weight excluding hydrogens is 214 g/mol. The maximum atomic E-state index is 12.4. The molecule has 17 heavy (non-hydrogen) atoms. The van der Waals surface area contributed by atoms with Gasteiger partial charge >= 0.3 is 0 Å². The van der Waals surface area contributed by atoms with Crippen LogP contribution in [0.3, 0.4) is 0 Å². The lowest BCUT2D eigenvalue weighted by Gasteiger charge is -2.25. The molecule has 2 unspecified atom stereocenters. The Morgan fingerprint density at radius 3 is 2.82 bits per heavy atom. The maximum Gasteiger partial charge on any atom is 0.169 e. The van der Waals surface area contributed by atoms with E-state index in [0.29, 0.717) is 11.3 Å². The molecule has 0 aromatic heterocycles. The van der Waals surface area contributed by atoms with Crippen LogP contribution < -0.4 is 10.5 Å². The minimum Gasteiger partial charge on any atom is -0.496 e. The lowest BCUT2D eigenvalue weighted by Crippen LogP contribution is -2.31. The van der Waals surface area contributed by atoms with Gasteiger partial charge in [-0.3, -0.25) is 4.79 Å². The smallest absolute Gasteiger partial charge is 0.169 e. The topological polar surface area (TPSA) is 52.3 Å². The van der Waals surface area contributed by atoms with Crippen molar-refractivity contribution >= 4 is 5.78 Å². The quantitative estimate of drug-likeness (QED) is 0.816. The van der Waals surface area contributed by atoms with Crippen LogP contribution in [0.2, 0.25) is 0 Å². The Balaban J connectivity index is 2.18. The highest BCUT2D eigenvalue weighted by atomic mass is 16.5. The fourth-order valence-corrected chi connectivity index (χ4v) is 2.53. The van der Waals surface area contributed by atoms with Crippen molar-refractivity contribution in [2.75, 3.05) is 7.11 Å². The second kappa shape index (κ2) is 5.32. The van der Waals surface area contributed by atoms with Gasteiger partial charge in [0.25, 0.3) is 0 Å². The Labute approximate surface area is 102 Å². The summed E-state index contributed by atoms with van der Waals surface area (Å²) in [5, 5.41) is 0. The van der Waals surface area contributed by atoms with Crippen LogP contribution in [0.5, 0.6) is 5.75 Å². The van der Waals surface area contributed by atoms with Crippen LogP contribution in [0.4, 0.5) is 0 Å². The molecule has 0 saturated heterocycles. The van der Waals surface area contributed by atoms with Gasteiger partial charge in [-0.2, -0.15) is 0 Å². The molecule has 0 heterocycles. The number of para-hydroxylation sites is 1. The summed E-state index contributed by atoms with van der Waals surface area (Å²) in [7, 11) is 1.60. The standard InChI is InChI=1S/C14H19NO2/c1-17-13-8-3-2-7-12(13)14(16)10-5-4-6-11(15)9-10/h2-3,7-8,10-11H,4-6,9,15H2,1H3. The van der Waals surface area contributed by atoms with Crippen molar-refractivity contribution in [3.05, 3.63) is 29.8 Å². The number of carbonyl (C=O) groups excluding carboxylic acids is 1. The molecule has 1 aliphatic carbocycles. The van der Waals surface area contributed by atoms with Crippen molar-refractivity contribution in [1.82, 2.24) is 0 Å². The van der Waals surface area contributed by atoms with Gasteiger partial charge in [0.15, 0.2) is 5.78 Å². The van der Waals surface area contributed by atoms with E-state index in [4.69, 9.17) is 10.5 Å². The summed E-state index contributed by atoms with van der Waals surface area (Å²) in [5.74, 6) is 0.907. The lowest BCUT2D eigenvalue weighted by atomic mass is 9.81. The predicted molar refractivity (Wildman–Crippen MR) is 67.3 cm³/mol. The van der Waals surface area contributed by atoms with Crippen molar-refractivity contribution in [1.29, 1.82) is 0 Å². The van der Waals surface area contributed by atoms with Crippen LogP contribution in [0.25, 0.3) is 0 Å². The molecule has 2 rings (SSSR count). The van der Waals surface area contributed by atoms with E-state index < -0.39 is 0 Å².